The molecule has 160 valence electrons. The maximum absolute atomic E-state index is 13.0. The zero-order chi connectivity index (χ0) is 22.4. The van der Waals surface area contributed by atoms with Crippen LogP contribution in [0.5, 0.6) is 0 Å². The Labute approximate surface area is 169 Å². The number of hydrogen-bond donors (Lipinski definition) is 3. The van der Waals surface area contributed by atoms with Gasteiger partial charge in [0.05, 0.1) is 41.3 Å². The van der Waals surface area contributed by atoms with Crippen molar-refractivity contribution in [3.05, 3.63) is 60.9 Å². The van der Waals surface area contributed by atoms with Gasteiger partial charge in [-0.2, -0.15) is 0 Å². The molecule has 0 saturated carbocycles. The van der Waals surface area contributed by atoms with Crippen molar-refractivity contribution in [2.75, 3.05) is 19.8 Å². The number of fused-ring (bicyclic) bond motifs is 1. The fourth-order valence-electron chi connectivity index (χ4n) is 3.53. The molecule has 0 radical (unpaired) electrons. The van der Waals surface area contributed by atoms with Crippen LogP contribution in [0.15, 0.2) is 34.0 Å². The number of rotatable bonds is 6. The Hall–Kier alpha value is -3.28. The van der Waals surface area contributed by atoms with Crippen LogP contribution in [-0.2, 0) is 19.6 Å². The molecule has 3 rings (SSSR count). The van der Waals surface area contributed by atoms with Gasteiger partial charge in [0.25, 0.3) is 11.2 Å². The second kappa shape index (κ2) is 7.52. The summed E-state index contributed by atoms with van der Waals surface area (Å²) in [5, 5.41) is 41.4. The lowest BCUT2D eigenvalue weighted by Crippen LogP contribution is -2.44. The molecule has 0 unspecified atom stereocenters. The molecule has 0 spiro atoms. The van der Waals surface area contributed by atoms with Gasteiger partial charge in [-0.25, -0.2) is 4.79 Å². The topological polar surface area (TPSA) is 153 Å². The van der Waals surface area contributed by atoms with Crippen LogP contribution in [0.2, 0.25) is 0 Å². The summed E-state index contributed by atoms with van der Waals surface area (Å²) in [4.78, 5) is 36.3. The Bertz CT molecular complexity index is 1260. The second-order valence-corrected chi connectivity index (χ2v) is 7.27. The molecule has 0 aliphatic carbocycles. The number of aliphatic hydroxyl groups excluding tert-OH is 3. The summed E-state index contributed by atoms with van der Waals surface area (Å²) in [5.74, 6) is 0. The minimum atomic E-state index is -1.62. The van der Waals surface area contributed by atoms with Gasteiger partial charge < -0.3 is 19.9 Å². The van der Waals surface area contributed by atoms with Gasteiger partial charge in [-0.05, 0) is 6.92 Å². The number of nitro groups is 1. The fraction of sp³-hybridized carbons (Fsp3) is 0.368. The Morgan fingerprint density at radius 3 is 2.20 bits per heavy atom. The molecule has 0 fully saturated rings. The van der Waals surface area contributed by atoms with E-state index < -0.39 is 41.5 Å². The first-order chi connectivity index (χ1) is 14.1. The molecule has 0 saturated heterocycles. The zero-order valence-electron chi connectivity index (χ0n) is 16.7. The van der Waals surface area contributed by atoms with Gasteiger partial charge in [0, 0.05) is 37.5 Å². The predicted molar refractivity (Wildman–Crippen MR) is 108 cm³/mol. The summed E-state index contributed by atoms with van der Waals surface area (Å²) in [5.41, 5.74) is -2.03. The van der Waals surface area contributed by atoms with E-state index in [1.165, 1.54) is 41.6 Å². The third-order valence-corrected chi connectivity index (χ3v) is 5.51. The first-order valence-corrected chi connectivity index (χ1v) is 9.03. The van der Waals surface area contributed by atoms with Crippen LogP contribution in [-0.4, -0.2) is 53.8 Å². The zero-order valence-corrected chi connectivity index (χ0v) is 16.7. The molecular weight excluding hydrogens is 396 g/mol. The monoisotopic (exact) mass is 418 g/mol. The number of nitrogens with zero attached hydrogens (tertiary/aromatic N) is 4. The summed E-state index contributed by atoms with van der Waals surface area (Å²) in [6.45, 7) is -0.482. The quantitative estimate of drug-likeness (QED) is 0.363. The average molecular weight is 418 g/mol. The van der Waals surface area contributed by atoms with E-state index in [0.717, 1.165) is 4.57 Å². The van der Waals surface area contributed by atoms with E-state index in [-0.39, 0.29) is 27.8 Å². The maximum Gasteiger partial charge on any atom is 0.330 e. The highest BCUT2D eigenvalue weighted by Gasteiger charge is 2.35. The number of hydrogen-bond acceptors (Lipinski definition) is 7. The molecule has 2 heterocycles. The van der Waals surface area contributed by atoms with E-state index in [9.17, 15) is 35.0 Å². The summed E-state index contributed by atoms with van der Waals surface area (Å²) in [6.07, 6.45) is 1.38. The highest BCUT2D eigenvalue weighted by molar-refractivity contribution is 5.94. The lowest BCUT2D eigenvalue weighted by molar-refractivity contribution is -0.385. The summed E-state index contributed by atoms with van der Waals surface area (Å²) >= 11 is 0. The lowest BCUT2D eigenvalue weighted by atomic mass is 10.00. The molecule has 3 aromatic rings. The molecule has 11 heteroatoms. The van der Waals surface area contributed by atoms with Gasteiger partial charge in [-0.1, -0.05) is 12.1 Å². The summed E-state index contributed by atoms with van der Waals surface area (Å²) in [6, 6.07) is 4.36. The molecule has 3 N–H and O–H groups in total. The number of aryl methyl sites for hydroxylation is 2. The lowest BCUT2D eigenvalue weighted by Gasteiger charge is -2.31. The van der Waals surface area contributed by atoms with E-state index >= 15 is 0 Å². The number of benzene rings is 1. The summed E-state index contributed by atoms with van der Waals surface area (Å²) in [7, 11) is 2.76. The molecular formula is C19H22N4O7. The Morgan fingerprint density at radius 1 is 1.07 bits per heavy atom. The van der Waals surface area contributed by atoms with E-state index in [4.69, 9.17) is 0 Å². The van der Waals surface area contributed by atoms with Crippen molar-refractivity contribution >= 4 is 16.6 Å². The fourth-order valence-corrected chi connectivity index (χ4v) is 3.53. The number of nitro benzene ring substituents is 1. The van der Waals surface area contributed by atoms with Crippen molar-refractivity contribution in [1.82, 2.24) is 13.7 Å². The minimum absolute atomic E-state index is 0.0671. The maximum atomic E-state index is 13.0. The Balaban J connectivity index is 2.59. The Kier molecular flexibility index (Phi) is 5.37. The van der Waals surface area contributed by atoms with Gasteiger partial charge in [0.2, 0.25) is 0 Å². The molecule has 0 bridgehead atoms. The molecule has 2 aromatic heterocycles. The third kappa shape index (κ3) is 2.95. The number of aromatic nitrogens is 3. The van der Waals surface area contributed by atoms with Crippen LogP contribution in [0.3, 0.4) is 0 Å². The van der Waals surface area contributed by atoms with Crippen LogP contribution in [0.4, 0.5) is 5.69 Å². The third-order valence-electron chi connectivity index (χ3n) is 5.51. The van der Waals surface area contributed by atoms with Gasteiger partial charge >= 0.3 is 5.69 Å². The van der Waals surface area contributed by atoms with Crippen LogP contribution < -0.4 is 11.2 Å². The smallest absolute Gasteiger partial charge is 0.330 e. The molecule has 0 aliphatic heterocycles. The molecule has 30 heavy (non-hydrogen) atoms. The molecule has 1 aromatic carbocycles. The standard InChI is InChI=1S/C19H22N4O7/c1-11-4-5-12(6-13(11)23(29)30)16-15-14(20(2)18(28)21(3)17(15)27)7-22(16)19(8-24,9-25)10-26/h4-7,24-26H,8-10H2,1-3H3. The SMILES string of the molecule is Cc1ccc(-c2c3c(=O)n(C)c(=O)n(C)c3cn2C(CO)(CO)CO)cc1[N+](=O)[O-]. The van der Waals surface area contributed by atoms with Crippen LogP contribution in [0.25, 0.3) is 22.2 Å². The highest BCUT2D eigenvalue weighted by atomic mass is 16.6. The first kappa shape index (κ1) is 21.4. The largest absolute Gasteiger partial charge is 0.394 e. The van der Waals surface area contributed by atoms with Crippen LogP contribution in [0.1, 0.15) is 5.56 Å². The van der Waals surface area contributed by atoms with E-state index in [1.807, 2.05) is 0 Å². The van der Waals surface area contributed by atoms with Crippen molar-refractivity contribution < 1.29 is 20.2 Å². The Morgan fingerprint density at radius 2 is 1.67 bits per heavy atom. The highest BCUT2D eigenvalue weighted by Crippen LogP contribution is 2.35. The van der Waals surface area contributed by atoms with Crippen molar-refractivity contribution in [3.63, 3.8) is 0 Å². The number of aliphatic hydroxyl groups is 3. The first-order valence-electron chi connectivity index (χ1n) is 9.03. The molecule has 0 amide bonds. The van der Waals surface area contributed by atoms with Gasteiger partial charge in [-0.3, -0.25) is 24.0 Å². The molecule has 0 atom stereocenters. The van der Waals surface area contributed by atoms with Crippen LogP contribution >= 0.6 is 0 Å². The second-order valence-electron chi connectivity index (χ2n) is 7.27. The summed E-state index contributed by atoms with van der Waals surface area (Å²) < 4.78 is 3.43. The van der Waals surface area contributed by atoms with Crippen molar-refractivity contribution in [2.45, 2.75) is 12.5 Å². The van der Waals surface area contributed by atoms with E-state index in [0.29, 0.717) is 5.56 Å². The van der Waals surface area contributed by atoms with Gasteiger partial charge in [0.1, 0.15) is 5.54 Å². The van der Waals surface area contributed by atoms with E-state index in [2.05, 4.69) is 0 Å². The van der Waals surface area contributed by atoms with Crippen LogP contribution in [0, 0.1) is 17.0 Å². The van der Waals surface area contributed by atoms with E-state index in [1.54, 1.807) is 13.0 Å². The predicted octanol–water partition coefficient (Wildman–Crippen LogP) is -0.405. The van der Waals surface area contributed by atoms with Crippen molar-refractivity contribution in [3.8, 4) is 11.3 Å². The minimum Gasteiger partial charge on any atom is -0.394 e. The van der Waals surface area contributed by atoms with Gasteiger partial charge in [0.15, 0.2) is 0 Å². The van der Waals surface area contributed by atoms with Crippen molar-refractivity contribution in [1.29, 1.82) is 0 Å². The molecule has 0 aliphatic rings. The van der Waals surface area contributed by atoms with Crippen molar-refractivity contribution in [2.24, 2.45) is 14.1 Å². The van der Waals surface area contributed by atoms with Gasteiger partial charge in [-0.15, -0.1) is 0 Å². The normalized spacial score (nSPS) is 11.9. The average Bonchev–Trinajstić information content (AvgIpc) is 3.14. The molecule has 11 nitrogen and oxygen atoms in total.